The lowest BCUT2D eigenvalue weighted by Gasteiger charge is -2.36. The maximum absolute atomic E-state index is 14.5. The molecule has 4 atom stereocenters. The van der Waals surface area contributed by atoms with Crippen LogP contribution in [-0.4, -0.2) is 29.9 Å². The smallest absolute Gasteiger partial charge is 0.330 e. The van der Waals surface area contributed by atoms with E-state index in [1.165, 1.54) is 4.90 Å². The van der Waals surface area contributed by atoms with Crippen molar-refractivity contribution in [2.75, 3.05) is 9.80 Å². The molecule has 0 aliphatic carbocycles. The molecule has 8 rings (SSSR count). The van der Waals surface area contributed by atoms with Crippen LogP contribution >= 0.6 is 0 Å². The second-order valence-electron chi connectivity index (χ2n) is 11.5. The standard InChI is InChI=1S/C38H28N2O4/c41-36-32-31-22-20-25-12-9-10-18-30(25)40(31)34(33(32)37(42)39(36)29-21-19-24-11-7-8-17-28(24)23-29)38(43)44-35(26-13-3-1-4-14-26)27-15-5-2-6-16-27/h1-23,31-35H/t31-,32-,33-,34+/m0/s1. The summed E-state index contributed by atoms with van der Waals surface area (Å²) in [5.74, 6) is -2.86. The van der Waals surface area contributed by atoms with Gasteiger partial charge in [0.2, 0.25) is 11.8 Å². The van der Waals surface area contributed by atoms with Crippen LogP contribution in [0, 0.1) is 11.8 Å². The third-order valence-corrected chi connectivity index (χ3v) is 9.09. The van der Waals surface area contributed by atoms with Gasteiger partial charge in [-0.25, -0.2) is 9.69 Å². The number of carbonyl (C=O) groups excluding carboxylic acids is 3. The number of amides is 2. The van der Waals surface area contributed by atoms with Crippen molar-refractivity contribution in [3.63, 3.8) is 0 Å². The molecule has 3 aliphatic heterocycles. The molecule has 2 fully saturated rings. The molecule has 2 saturated heterocycles. The van der Waals surface area contributed by atoms with Crippen molar-refractivity contribution in [2.45, 2.75) is 18.2 Å². The van der Waals surface area contributed by atoms with Gasteiger partial charge in [0, 0.05) is 5.69 Å². The summed E-state index contributed by atoms with van der Waals surface area (Å²) in [5.41, 5.74) is 3.89. The minimum absolute atomic E-state index is 0.299. The van der Waals surface area contributed by atoms with Crippen molar-refractivity contribution in [1.29, 1.82) is 0 Å². The van der Waals surface area contributed by atoms with E-state index in [0.717, 1.165) is 33.2 Å². The molecule has 0 spiro atoms. The van der Waals surface area contributed by atoms with Gasteiger partial charge in [-0.3, -0.25) is 9.59 Å². The lowest BCUT2D eigenvalue weighted by atomic mass is 9.88. The first kappa shape index (κ1) is 26.2. The molecule has 5 aromatic carbocycles. The Bertz CT molecular complexity index is 1910. The number of hydrogen-bond donors (Lipinski definition) is 0. The summed E-state index contributed by atoms with van der Waals surface area (Å²) < 4.78 is 6.37. The largest absolute Gasteiger partial charge is 0.451 e. The molecule has 6 heteroatoms. The average molecular weight is 577 g/mol. The van der Waals surface area contributed by atoms with Gasteiger partial charge in [-0.05, 0) is 45.7 Å². The van der Waals surface area contributed by atoms with Crippen molar-refractivity contribution in [3.8, 4) is 0 Å². The van der Waals surface area contributed by atoms with Crippen molar-refractivity contribution in [2.24, 2.45) is 11.8 Å². The van der Waals surface area contributed by atoms with Gasteiger partial charge in [0.25, 0.3) is 0 Å². The minimum atomic E-state index is -0.993. The summed E-state index contributed by atoms with van der Waals surface area (Å²) in [7, 11) is 0. The predicted molar refractivity (Wildman–Crippen MR) is 170 cm³/mol. The van der Waals surface area contributed by atoms with E-state index in [9.17, 15) is 14.4 Å². The van der Waals surface area contributed by atoms with Crippen LogP contribution < -0.4 is 9.80 Å². The highest BCUT2D eigenvalue weighted by atomic mass is 16.5. The number of hydrogen-bond acceptors (Lipinski definition) is 5. The first-order chi connectivity index (χ1) is 21.6. The molecule has 0 radical (unpaired) electrons. The fourth-order valence-corrected chi connectivity index (χ4v) is 7.12. The Morgan fingerprint density at radius 1 is 0.659 bits per heavy atom. The van der Waals surface area contributed by atoms with Crippen LogP contribution in [0.4, 0.5) is 11.4 Å². The molecule has 0 saturated carbocycles. The molecule has 44 heavy (non-hydrogen) atoms. The first-order valence-electron chi connectivity index (χ1n) is 14.8. The summed E-state index contributed by atoms with van der Waals surface area (Å²) in [6, 6.07) is 38.9. The molecule has 6 nitrogen and oxygen atoms in total. The molecular formula is C38H28N2O4. The first-order valence-corrected chi connectivity index (χ1v) is 14.8. The summed E-state index contributed by atoms with van der Waals surface area (Å²) in [5, 5.41) is 1.95. The van der Waals surface area contributed by atoms with Gasteiger partial charge in [0.15, 0.2) is 6.10 Å². The van der Waals surface area contributed by atoms with Gasteiger partial charge >= 0.3 is 5.97 Å². The second-order valence-corrected chi connectivity index (χ2v) is 11.5. The van der Waals surface area contributed by atoms with Crippen molar-refractivity contribution < 1.29 is 19.1 Å². The number of rotatable bonds is 5. The number of fused-ring (bicyclic) bond motifs is 6. The Labute approximate surface area is 254 Å². The summed E-state index contributed by atoms with van der Waals surface area (Å²) in [6.07, 6.45) is 3.25. The Hall–Kier alpha value is -5.49. The predicted octanol–water partition coefficient (Wildman–Crippen LogP) is 6.56. The monoisotopic (exact) mass is 576 g/mol. The number of esters is 1. The summed E-state index contributed by atoms with van der Waals surface area (Å²) in [6.45, 7) is 0. The van der Waals surface area contributed by atoms with Gasteiger partial charge < -0.3 is 9.64 Å². The third kappa shape index (κ3) is 4.06. The molecule has 5 aromatic rings. The molecule has 3 heterocycles. The van der Waals surface area contributed by atoms with Gasteiger partial charge in [-0.2, -0.15) is 0 Å². The van der Waals surface area contributed by atoms with Crippen molar-refractivity contribution in [1.82, 2.24) is 0 Å². The second kappa shape index (κ2) is 10.3. The quantitative estimate of drug-likeness (QED) is 0.175. The van der Waals surface area contributed by atoms with E-state index >= 15 is 0 Å². The molecule has 0 N–H and O–H groups in total. The topological polar surface area (TPSA) is 66.9 Å². The van der Waals surface area contributed by atoms with E-state index in [1.54, 1.807) is 6.07 Å². The molecule has 0 unspecified atom stereocenters. The van der Waals surface area contributed by atoms with Crippen LogP contribution in [0.1, 0.15) is 22.8 Å². The lowest BCUT2D eigenvalue weighted by Crippen LogP contribution is -2.49. The van der Waals surface area contributed by atoms with E-state index in [1.807, 2.05) is 138 Å². The normalized spacial score (nSPS) is 21.8. The third-order valence-electron chi connectivity index (χ3n) is 9.09. The summed E-state index contributed by atoms with van der Waals surface area (Å²) in [4.78, 5) is 46.3. The Balaban J connectivity index is 1.22. The zero-order chi connectivity index (χ0) is 29.8. The van der Waals surface area contributed by atoms with Crippen molar-refractivity contribution >= 4 is 46.0 Å². The number of nitrogens with zero attached hydrogens (tertiary/aromatic N) is 2. The van der Waals surface area contributed by atoms with Gasteiger partial charge in [-0.15, -0.1) is 0 Å². The zero-order valence-corrected chi connectivity index (χ0v) is 23.7. The van der Waals surface area contributed by atoms with Crippen LogP contribution in [0.2, 0.25) is 0 Å². The average Bonchev–Trinajstić information content (AvgIpc) is 3.56. The number of carbonyl (C=O) groups is 3. The lowest BCUT2D eigenvalue weighted by molar-refractivity contribution is -0.151. The number of anilines is 2. The molecule has 0 bridgehead atoms. The maximum Gasteiger partial charge on any atom is 0.330 e. The maximum atomic E-state index is 14.5. The van der Waals surface area contributed by atoms with E-state index in [-0.39, 0.29) is 11.8 Å². The SMILES string of the molecule is O=C(OC(c1ccccc1)c1ccccc1)[C@H]1[C@H]2C(=O)N(c3ccc4ccccc4c3)C(=O)[C@H]2[C@@H]2C=Cc3ccccc3N21. The molecule has 0 aromatic heterocycles. The van der Waals surface area contributed by atoms with Crippen LogP contribution in [-0.2, 0) is 19.1 Å². The Kier molecular flexibility index (Phi) is 6.15. The molecule has 214 valence electrons. The molecule has 3 aliphatic rings. The number of ether oxygens (including phenoxy) is 1. The number of benzene rings is 5. The van der Waals surface area contributed by atoms with Crippen molar-refractivity contribution in [3.05, 3.63) is 150 Å². The highest BCUT2D eigenvalue weighted by Gasteiger charge is 2.65. The van der Waals surface area contributed by atoms with Gasteiger partial charge in [0.1, 0.15) is 6.04 Å². The highest BCUT2D eigenvalue weighted by Crippen LogP contribution is 2.50. The zero-order valence-electron chi connectivity index (χ0n) is 23.7. The van der Waals surface area contributed by atoms with E-state index in [4.69, 9.17) is 4.74 Å². The molecule has 2 amide bonds. The minimum Gasteiger partial charge on any atom is -0.451 e. The van der Waals surface area contributed by atoms with E-state index in [2.05, 4.69) is 0 Å². The van der Waals surface area contributed by atoms with E-state index in [0.29, 0.717) is 5.69 Å². The Morgan fingerprint density at radius 2 is 1.27 bits per heavy atom. The van der Waals surface area contributed by atoms with Crippen LogP contribution in [0.3, 0.4) is 0 Å². The summed E-state index contributed by atoms with van der Waals surface area (Å²) >= 11 is 0. The number of imide groups is 1. The van der Waals surface area contributed by atoms with E-state index < -0.39 is 36.0 Å². The number of para-hydroxylation sites is 1. The fraction of sp³-hybridized carbons (Fsp3) is 0.132. The van der Waals surface area contributed by atoms with Crippen LogP contribution in [0.5, 0.6) is 0 Å². The van der Waals surface area contributed by atoms with Crippen LogP contribution in [0.25, 0.3) is 16.8 Å². The van der Waals surface area contributed by atoms with Gasteiger partial charge in [-0.1, -0.05) is 121 Å². The fourth-order valence-electron chi connectivity index (χ4n) is 7.12. The highest BCUT2D eigenvalue weighted by molar-refractivity contribution is 6.25. The van der Waals surface area contributed by atoms with Gasteiger partial charge in [0.05, 0.1) is 23.6 Å². The molecular weight excluding hydrogens is 548 g/mol. The Morgan fingerprint density at radius 3 is 2.00 bits per heavy atom. The van der Waals surface area contributed by atoms with Crippen LogP contribution in [0.15, 0.2) is 133 Å².